The molecule has 9 nitrogen and oxygen atoms in total. The van der Waals surface area contributed by atoms with Crippen LogP contribution in [0.1, 0.15) is 24.7 Å². The van der Waals surface area contributed by atoms with Gasteiger partial charge in [0, 0.05) is 25.9 Å². The average molecular weight is 408 g/mol. The summed E-state index contributed by atoms with van der Waals surface area (Å²) >= 11 is 0. The molecule has 0 fully saturated rings. The van der Waals surface area contributed by atoms with Gasteiger partial charge in [-0.05, 0) is 42.7 Å². The molecule has 4 rings (SSSR count). The second-order valence-electron chi connectivity index (χ2n) is 6.97. The van der Waals surface area contributed by atoms with Crippen LogP contribution in [0.25, 0.3) is 5.57 Å². The quantitative estimate of drug-likeness (QED) is 0.580. The fourth-order valence-electron chi connectivity index (χ4n) is 3.06. The van der Waals surface area contributed by atoms with Crippen molar-refractivity contribution >= 4 is 11.3 Å². The number of nitrogens with zero attached hydrogens (tertiary/aromatic N) is 5. The van der Waals surface area contributed by atoms with Crippen LogP contribution in [0.15, 0.2) is 47.0 Å². The Bertz CT molecular complexity index is 1130. The number of aryl methyl sites for hydroxylation is 2. The van der Waals surface area contributed by atoms with Gasteiger partial charge in [0.1, 0.15) is 18.0 Å². The van der Waals surface area contributed by atoms with Gasteiger partial charge in [0.15, 0.2) is 0 Å². The van der Waals surface area contributed by atoms with Crippen molar-refractivity contribution in [3.05, 3.63) is 64.0 Å². The Morgan fingerprint density at radius 2 is 2.10 bits per heavy atom. The number of hydrogen-bond acceptors (Lipinski definition) is 7. The van der Waals surface area contributed by atoms with E-state index in [4.69, 9.17) is 9.47 Å². The van der Waals surface area contributed by atoms with Crippen LogP contribution < -0.4 is 20.3 Å². The van der Waals surface area contributed by atoms with Crippen molar-refractivity contribution in [3.63, 3.8) is 0 Å². The number of pyridine rings is 1. The van der Waals surface area contributed by atoms with Gasteiger partial charge < -0.3 is 14.8 Å². The van der Waals surface area contributed by atoms with Gasteiger partial charge in [0.2, 0.25) is 5.88 Å². The fourth-order valence-corrected chi connectivity index (χ4v) is 3.06. The summed E-state index contributed by atoms with van der Waals surface area (Å²) in [4.78, 5) is 16.8. The van der Waals surface area contributed by atoms with E-state index in [1.54, 1.807) is 26.4 Å². The Kier molecular flexibility index (Phi) is 5.51. The maximum atomic E-state index is 12.4. The lowest BCUT2D eigenvalue weighted by Gasteiger charge is -2.09. The summed E-state index contributed by atoms with van der Waals surface area (Å²) in [7, 11) is 3.22. The van der Waals surface area contributed by atoms with E-state index in [0.717, 1.165) is 30.1 Å². The normalized spacial score (nSPS) is 12.8. The number of rotatable bonds is 9. The summed E-state index contributed by atoms with van der Waals surface area (Å²) in [5.74, 6) is 1.12. The van der Waals surface area contributed by atoms with Crippen LogP contribution in [0.4, 0.5) is 5.69 Å². The van der Waals surface area contributed by atoms with Crippen molar-refractivity contribution in [1.29, 1.82) is 0 Å². The molecular formula is C21H24N6O3. The second-order valence-corrected chi connectivity index (χ2v) is 6.97. The maximum Gasteiger partial charge on any atom is 0.290 e. The van der Waals surface area contributed by atoms with Crippen LogP contribution in [0.2, 0.25) is 0 Å². The van der Waals surface area contributed by atoms with Gasteiger partial charge in [-0.1, -0.05) is 0 Å². The Morgan fingerprint density at radius 1 is 1.23 bits per heavy atom. The first-order chi connectivity index (χ1) is 14.6. The SMILES string of the molecule is CCn1ccc(CNc2cc(OCC3=C(c4ccc(OC)cn4)C3)nn(C)c2=O)n1. The van der Waals surface area contributed by atoms with Crippen molar-refractivity contribution in [1.82, 2.24) is 24.5 Å². The van der Waals surface area contributed by atoms with Gasteiger partial charge in [-0.3, -0.25) is 14.5 Å². The maximum absolute atomic E-state index is 12.4. The first kappa shape index (κ1) is 19.7. The van der Waals surface area contributed by atoms with E-state index < -0.39 is 0 Å². The first-order valence-electron chi connectivity index (χ1n) is 9.76. The lowest BCUT2D eigenvalue weighted by atomic mass is 10.3. The van der Waals surface area contributed by atoms with Crippen LogP contribution in [0.3, 0.4) is 0 Å². The van der Waals surface area contributed by atoms with Gasteiger partial charge in [0.25, 0.3) is 5.56 Å². The molecule has 9 heteroatoms. The average Bonchev–Trinajstić information content (AvgIpc) is 3.40. The molecule has 1 aliphatic rings. The molecule has 0 saturated heterocycles. The highest BCUT2D eigenvalue weighted by atomic mass is 16.5. The third-order valence-electron chi connectivity index (χ3n) is 4.89. The molecule has 0 radical (unpaired) electrons. The van der Waals surface area contributed by atoms with E-state index in [1.807, 2.05) is 36.0 Å². The molecule has 3 heterocycles. The van der Waals surface area contributed by atoms with Gasteiger partial charge in [-0.2, -0.15) is 5.10 Å². The monoisotopic (exact) mass is 408 g/mol. The molecular weight excluding hydrogens is 384 g/mol. The Balaban J connectivity index is 1.40. The minimum absolute atomic E-state index is 0.217. The molecule has 3 aromatic heterocycles. The topological polar surface area (TPSA) is 96.1 Å². The van der Waals surface area contributed by atoms with Crippen LogP contribution in [0, 0.1) is 0 Å². The van der Waals surface area contributed by atoms with Crippen LogP contribution in [-0.2, 0) is 20.1 Å². The van der Waals surface area contributed by atoms with Gasteiger partial charge in [-0.25, -0.2) is 4.68 Å². The number of methoxy groups -OCH3 is 1. The molecule has 1 aliphatic carbocycles. The number of aromatic nitrogens is 5. The molecule has 0 spiro atoms. The van der Waals surface area contributed by atoms with E-state index in [-0.39, 0.29) is 5.56 Å². The summed E-state index contributed by atoms with van der Waals surface area (Å²) in [5.41, 5.74) is 4.34. The minimum atomic E-state index is -0.217. The van der Waals surface area contributed by atoms with Crippen LogP contribution in [-0.4, -0.2) is 38.3 Å². The molecule has 0 aromatic carbocycles. The number of anilines is 1. The van der Waals surface area contributed by atoms with Crippen molar-refractivity contribution in [3.8, 4) is 11.6 Å². The number of allylic oxidation sites excluding steroid dienone is 1. The summed E-state index contributed by atoms with van der Waals surface area (Å²) in [6, 6.07) is 7.39. The number of hydrogen-bond donors (Lipinski definition) is 1. The summed E-state index contributed by atoms with van der Waals surface area (Å²) < 4.78 is 14.1. The smallest absolute Gasteiger partial charge is 0.290 e. The second kappa shape index (κ2) is 8.40. The molecule has 0 amide bonds. The molecule has 3 aromatic rings. The largest absolute Gasteiger partial charge is 0.495 e. The Morgan fingerprint density at radius 3 is 2.80 bits per heavy atom. The minimum Gasteiger partial charge on any atom is -0.495 e. The van der Waals surface area contributed by atoms with Gasteiger partial charge >= 0.3 is 0 Å². The van der Waals surface area contributed by atoms with Gasteiger partial charge in [0.05, 0.1) is 31.2 Å². The first-order valence-corrected chi connectivity index (χ1v) is 9.76. The fraction of sp³-hybridized carbons (Fsp3) is 0.333. The lowest BCUT2D eigenvalue weighted by Crippen LogP contribution is -2.24. The molecule has 0 unspecified atom stereocenters. The molecule has 156 valence electrons. The zero-order valence-electron chi connectivity index (χ0n) is 17.3. The third-order valence-corrected chi connectivity index (χ3v) is 4.89. The summed E-state index contributed by atoms with van der Waals surface area (Å²) in [6.07, 6.45) is 4.47. The van der Waals surface area contributed by atoms with Crippen molar-refractivity contribution in [2.24, 2.45) is 7.05 Å². The highest BCUT2D eigenvalue weighted by molar-refractivity contribution is 5.81. The van der Waals surface area contributed by atoms with E-state index in [1.165, 1.54) is 15.8 Å². The predicted octanol–water partition coefficient (Wildman–Crippen LogP) is 2.25. The molecule has 0 bridgehead atoms. The standard InChI is InChI=1S/C21H24N6O3/c1-4-27-8-7-15(24-27)11-22-19-10-20(25-26(2)21(19)28)30-13-14-9-17(14)18-6-5-16(29-3)12-23-18/h5-8,10,12,22H,4,9,11,13H2,1-3H3. The molecule has 0 aliphatic heterocycles. The lowest BCUT2D eigenvalue weighted by molar-refractivity contribution is 0.331. The Hall–Kier alpha value is -3.62. The zero-order chi connectivity index (χ0) is 21.1. The van der Waals surface area contributed by atoms with E-state index in [2.05, 4.69) is 20.5 Å². The summed E-state index contributed by atoms with van der Waals surface area (Å²) in [6.45, 7) is 3.69. The van der Waals surface area contributed by atoms with E-state index >= 15 is 0 Å². The van der Waals surface area contributed by atoms with Crippen molar-refractivity contribution in [2.75, 3.05) is 19.0 Å². The van der Waals surface area contributed by atoms with Crippen LogP contribution >= 0.6 is 0 Å². The highest BCUT2D eigenvalue weighted by Crippen LogP contribution is 2.39. The van der Waals surface area contributed by atoms with E-state index in [9.17, 15) is 4.79 Å². The van der Waals surface area contributed by atoms with Gasteiger partial charge in [-0.15, -0.1) is 5.10 Å². The summed E-state index contributed by atoms with van der Waals surface area (Å²) in [5, 5.41) is 11.7. The Labute approximate surface area is 174 Å². The zero-order valence-corrected chi connectivity index (χ0v) is 17.3. The number of ether oxygens (including phenoxy) is 2. The van der Waals surface area contributed by atoms with Crippen LogP contribution in [0.5, 0.6) is 11.6 Å². The van der Waals surface area contributed by atoms with Crippen molar-refractivity contribution in [2.45, 2.75) is 26.4 Å². The van der Waals surface area contributed by atoms with E-state index in [0.29, 0.717) is 24.7 Å². The third kappa shape index (κ3) is 4.35. The molecule has 0 atom stereocenters. The van der Waals surface area contributed by atoms with Crippen molar-refractivity contribution < 1.29 is 9.47 Å². The molecule has 1 N–H and O–H groups in total. The highest BCUT2D eigenvalue weighted by Gasteiger charge is 2.25. The number of nitrogens with one attached hydrogen (secondary N) is 1. The molecule has 0 saturated carbocycles. The molecule has 30 heavy (non-hydrogen) atoms. The predicted molar refractivity (Wildman–Crippen MR) is 113 cm³/mol.